The Balaban J connectivity index is 1.85. The van der Waals surface area contributed by atoms with E-state index in [4.69, 9.17) is 4.74 Å². The average molecular weight is 463 g/mol. The number of likely N-dealkylation sites (N-methyl/N-ethyl adjacent to an activating group) is 1. The molecule has 29 heavy (non-hydrogen) atoms. The van der Waals surface area contributed by atoms with Gasteiger partial charge in [0.1, 0.15) is 11.7 Å². The number of amides is 1. The van der Waals surface area contributed by atoms with Crippen molar-refractivity contribution in [1.82, 2.24) is 19.8 Å². The lowest BCUT2D eigenvalue weighted by Gasteiger charge is -2.37. The van der Waals surface area contributed by atoms with Gasteiger partial charge in [-0.2, -0.15) is 0 Å². The van der Waals surface area contributed by atoms with Crippen molar-refractivity contribution in [3.63, 3.8) is 0 Å². The van der Waals surface area contributed by atoms with E-state index in [9.17, 15) is 9.90 Å². The average Bonchev–Trinajstić information content (AvgIpc) is 2.71. The Bertz CT molecular complexity index is 836. The summed E-state index contributed by atoms with van der Waals surface area (Å²) >= 11 is 3.39. The smallest absolute Gasteiger partial charge is 0.259 e. The maximum absolute atomic E-state index is 13.1. The Morgan fingerprint density at radius 2 is 2.21 bits per heavy atom. The monoisotopic (exact) mass is 462 g/mol. The largest absolute Gasteiger partial charge is 0.472 e. The maximum Gasteiger partial charge on any atom is 0.259 e. The highest BCUT2D eigenvalue weighted by Gasteiger charge is 2.34. The molecule has 2 aromatic heterocycles. The van der Waals surface area contributed by atoms with Gasteiger partial charge in [0.15, 0.2) is 0 Å². The first-order chi connectivity index (χ1) is 13.9. The van der Waals surface area contributed by atoms with Crippen LogP contribution in [0.2, 0.25) is 0 Å². The van der Waals surface area contributed by atoms with Crippen LogP contribution in [0, 0.1) is 5.92 Å². The lowest BCUT2D eigenvalue weighted by atomic mass is 10.00. The number of hydrogen-bond acceptors (Lipinski definition) is 6. The summed E-state index contributed by atoms with van der Waals surface area (Å²) in [6.07, 6.45) is 3.25. The van der Waals surface area contributed by atoms with Crippen LogP contribution in [-0.4, -0.2) is 69.7 Å². The molecule has 8 heteroatoms. The molecule has 0 bridgehead atoms. The second-order valence-corrected chi connectivity index (χ2v) is 8.56. The number of rotatable bonds is 6. The summed E-state index contributed by atoms with van der Waals surface area (Å²) in [5, 5.41) is 9.67. The van der Waals surface area contributed by atoms with Crippen LogP contribution in [0.25, 0.3) is 0 Å². The molecule has 3 heterocycles. The molecule has 1 amide bonds. The first-order valence-electron chi connectivity index (χ1n) is 9.71. The normalized spacial score (nSPS) is 20.6. The number of aliphatic hydroxyl groups is 1. The molecule has 0 saturated heterocycles. The van der Waals surface area contributed by atoms with E-state index in [0.29, 0.717) is 35.6 Å². The highest BCUT2D eigenvalue weighted by atomic mass is 79.9. The van der Waals surface area contributed by atoms with Crippen LogP contribution in [0.1, 0.15) is 29.9 Å². The van der Waals surface area contributed by atoms with E-state index in [1.165, 1.54) is 0 Å². The molecule has 0 aliphatic carbocycles. The second kappa shape index (κ2) is 9.65. The van der Waals surface area contributed by atoms with Crippen molar-refractivity contribution in [2.45, 2.75) is 32.5 Å². The van der Waals surface area contributed by atoms with Crippen molar-refractivity contribution < 1.29 is 14.6 Å². The summed E-state index contributed by atoms with van der Waals surface area (Å²) in [6, 6.07) is 7.31. The zero-order valence-corrected chi connectivity index (χ0v) is 18.5. The number of carbonyl (C=O) groups is 1. The van der Waals surface area contributed by atoms with Crippen molar-refractivity contribution in [3.8, 4) is 5.88 Å². The molecule has 0 aromatic carbocycles. The predicted octanol–water partition coefficient (Wildman–Crippen LogP) is 2.59. The standard InChI is InChI=1S/C21H27BrN4O3/c1-14-10-26(15(2)13-27)21(28)18-8-16(22)9-24-20(18)29-19(14)12-25(3)11-17-6-4-5-7-23-17/h4-9,14-15,19,27H,10-13H2,1-3H3/t14-,15-,19+/m0/s1. The topological polar surface area (TPSA) is 78.8 Å². The molecule has 3 atom stereocenters. The van der Waals surface area contributed by atoms with Gasteiger partial charge in [-0.05, 0) is 48.1 Å². The molecular weight excluding hydrogens is 436 g/mol. The van der Waals surface area contributed by atoms with E-state index in [0.717, 1.165) is 5.69 Å². The maximum atomic E-state index is 13.1. The SMILES string of the molecule is C[C@H]1CN([C@@H](C)CO)C(=O)c2cc(Br)cnc2O[C@@H]1CN(C)Cc1ccccn1. The van der Waals surface area contributed by atoms with Crippen LogP contribution in [-0.2, 0) is 6.54 Å². The molecule has 0 unspecified atom stereocenters. The lowest BCUT2D eigenvalue weighted by molar-refractivity contribution is 0.0324. The molecule has 0 radical (unpaired) electrons. The quantitative estimate of drug-likeness (QED) is 0.710. The minimum atomic E-state index is -0.290. The van der Waals surface area contributed by atoms with Crippen molar-refractivity contribution in [3.05, 3.63) is 52.4 Å². The minimum Gasteiger partial charge on any atom is -0.472 e. The fourth-order valence-electron chi connectivity index (χ4n) is 3.43. The number of pyridine rings is 2. The highest BCUT2D eigenvalue weighted by Crippen LogP contribution is 2.28. The van der Waals surface area contributed by atoms with Gasteiger partial charge in [-0.15, -0.1) is 0 Å². The highest BCUT2D eigenvalue weighted by molar-refractivity contribution is 9.10. The van der Waals surface area contributed by atoms with Gasteiger partial charge in [0.2, 0.25) is 5.88 Å². The van der Waals surface area contributed by atoms with E-state index in [1.807, 2.05) is 32.2 Å². The zero-order valence-electron chi connectivity index (χ0n) is 17.0. The van der Waals surface area contributed by atoms with Gasteiger partial charge in [-0.3, -0.25) is 14.7 Å². The number of ether oxygens (including phenoxy) is 1. The summed E-state index contributed by atoms with van der Waals surface area (Å²) in [5.74, 6) is 0.205. The number of carbonyl (C=O) groups excluding carboxylic acids is 1. The predicted molar refractivity (Wildman–Crippen MR) is 114 cm³/mol. The molecule has 1 aliphatic rings. The zero-order chi connectivity index (χ0) is 21.0. The molecule has 0 fully saturated rings. The molecule has 0 saturated carbocycles. The summed E-state index contributed by atoms with van der Waals surface area (Å²) in [5.41, 5.74) is 1.39. The Morgan fingerprint density at radius 1 is 1.41 bits per heavy atom. The van der Waals surface area contributed by atoms with Crippen molar-refractivity contribution >= 4 is 21.8 Å². The summed E-state index contributed by atoms with van der Waals surface area (Å²) in [6.45, 7) is 5.66. The Labute approximate surface area is 179 Å². The van der Waals surface area contributed by atoms with Gasteiger partial charge in [-0.1, -0.05) is 13.0 Å². The summed E-state index contributed by atoms with van der Waals surface area (Å²) < 4.78 is 6.95. The van der Waals surface area contributed by atoms with Crippen LogP contribution >= 0.6 is 15.9 Å². The van der Waals surface area contributed by atoms with E-state index in [1.54, 1.807) is 23.4 Å². The summed E-state index contributed by atoms with van der Waals surface area (Å²) in [4.78, 5) is 25.7. The van der Waals surface area contributed by atoms with Crippen molar-refractivity contribution in [2.24, 2.45) is 5.92 Å². The lowest BCUT2D eigenvalue weighted by Crippen LogP contribution is -2.49. The van der Waals surface area contributed by atoms with Gasteiger partial charge in [0, 0.05) is 42.4 Å². The van der Waals surface area contributed by atoms with Gasteiger partial charge >= 0.3 is 0 Å². The first kappa shape index (κ1) is 21.7. The van der Waals surface area contributed by atoms with Crippen LogP contribution in [0.3, 0.4) is 0 Å². The van der Waals surface area contributed by atoms with Gasteiger partial charge in [0.25, 0.3) is 5.91 Å². The number of hydrogen-bond donors (Lipinski definition) is 1. The molecule has 7 nitrogen and oxygen atoms in total. The number of nitrogens with zero attached hydrogens (tertiary/aromatic N) is 4. The van der Waals surface area contributed by atoms with E-state index in [-0.39, 0.29) is 30.6 Å². The van der Waals surface area contributed by atoms with Crippen LogP contribution in [0.15, 0.2) is 41.1 Å². The van der Waals surface area contributed by atoms with Crippen molar-refractivity contribution in [1.29, 1.82) is 0 Å². The minimum absolute atomic E-state index is 0.0535. The van der Waals surface area contributed by atoms with E-state index < -0.39 is 0 Å². The van der Waals surface area contributed by atoms with Gasteiger partial charge < -0.3 is 14.7 Å². The van der Waals surface area contributed by atoms with Gasteiger partial charge in [0.05, 0.1) is 18.3 Å². The third-order valence-corrected chi connectivity index (χ3v) is 5.57. The molecule has 1 aliphatic heterocycles. The number of aromatic nitrogens is 2. The Kier molecular flexibility index (Phi) is 7.21. The molecule has 0 spiro atoms. The molecule has 1 N–H and O–H groups in total. The van der Waals surface area contributed by atoms with E-state index >= 15 is 0 Å². The third-order valence-electron chi connectivity index (χ3n) is 5.14. The number of fused-ring (bicyclic) bond motifs is 1. The Morgan fingerprint density at radius 3 is 2.90 bits per heavy atom. The molecule has 2 aromatic rings. The van der Waals surface area contributed by atoms with Crippen LogP contribution in [0.4, 0.5) is 0 Å². The van der Waals surface area contributed by atoms with Crippen LogP contribution in [0.5, 0.6) is 5.88 Å². The molecular formula is C21H27BrN4O3. The number of halogens is 1. The number of aliphatic hydroxyl groups excluding tert-OH is 1. The fourth-order valence-corrected chi connectivity index (χ4v) is 3.77. The van der Waals surface area contributed by atoms with Crippen molar-refractivity contribution in [2.75, 3.05) is 26.7 Å². The van der Waals surface area contributed by atoms with Gasteiger partial charge in [-0.25, -0.2) is 4.98 Å². The second-order valence-electron chi connectivity index (χ2n) is 7.65. The first-order valence-corrected chi connectivity index (χ1v) is 10.5. The molecule has 3 rings (SSSR count). The summed E-state index contributed by atoms with van der Waals surface area (Å²) in [7, 11) is 2.03. The van der Waals surface area contributed by atoms with E-state index in [2.05, 4.69) is 37.7 Å². The van der Waals surface area contributed by atoms with Crippen LogP contribution < -0.4 is 4.74 Å². The molecule has 156 valence electrons. The third kappa shape index (κ3) is 5.32. The fraction of sp³-hybridized carbons (Fsp3) is 0.476. The Hall–Kier alpha value is -2.03.